The van der Waals surface area contributed by atoms with Crippen molar-refractivity contribution in [1.82, 2.24) is 15.2 Å². The number of fused-ring (bicyclic) bond motifs is 2. The van der Waals surface area contributed by atoms with Gasteiger partial charge in [-0.2, -0.15) is 0 Å². The van der Waals surface area contributed by atoms with Crippen molar-refractivity contribution in [2.24, 2.45) is 0 Å². The molecule has 0 bridgehead atoms. The Kier molecular flexibility index (Phi) is 6.38. The smallest absolute Gasteiger partial charge is 0.254 e. The van der Waals surface area contributed by atoms with Gasteiger partial charge in [-0.3, -0.25) is 9.59 Å². The Morgan fingerprint density at radius 2 is 1.75 bits per heavy atom. The van der Waals surface area contributed by atoms with Crippen molar-refractivity contribution in [3.05, 3.63) is 95.2 Å². The van der Waals surface area contributed by atoms with Gasteiger partial charge in [-0.25, -0.2) is 0 Å². The highest BCUT2D eigenvalue weighted by Gasteiger charge is 2.42. The van der Waals surface area contributed by atoms with E-state index in [2.05, 4.69) is 16.4 Å². The van der Waals surface area contributed by atoms with E-state index in [1.165, 1.54) is 0 Å². The monoisotopic (exact) mass is 483 g/mol. The number of ether oxygens (including phenoxy) is 2. The summed E-state index contributed by atoms with van der Waals surface area (Å²) >= 11 is 0. The first-order valence-corrected chi connectivity index (χ1v) is 11.9. The first-order valence-electron chi connectivity index (χ1n) is 11.9. The maximum Gasteiger partial charge on any atom is 0.254 e. The number of amides is 2. The number of hydrogen-bond donors (Lipinski definition) is 2. The fourth-order valence-corrected chi connectivity index (χ4v) is 5.18. The molecule has 0 unspecified atom stereocenters. The average Bonchev–Trinajstić information content (AvgIpc) is 3.33. The van der Waals surface area contributed by atoms with Crippen LogP contribution in [0.25, 0.3) is 10.9 Å². The fraction of sp³-hybridized carbons (Fsp3) is 0.241. The normalized spacial score (nSPS) is 17.1. The third-order valence-electron chi connectivity index (χ3n) is 6.98. The number of nitrogens with zero attached hydrogens (tertiary/aromatic N) is 1. The maximum atomic E-state index is 13.8. The van der Waals surface area contributed by atoms with Gasteiger partial charge in [-0.15, -0.1) is 0 Å². The molecule has 1 aromatic heterocycles. The van der Waals surface area contributed by atoms with Crippen molar-refractivity contribution in [2.75, 3.05) is 27.8 Å². The van der Waals surface area contributed by atoms with Crippen LogP contribution in [0.2, 0.25) is 0 Å². The molecule has 2 atom stereocenters. The predicted octanol–water partition coefficient (Wildman–Crippen LogP) is 4.45. The van der Waals surface area contributed by atoms with Crippen molar-refractivity contribution >= 4 is 22.7 Å². The van der Waals surface area contributed by atoms with Gasteiger partial charge in [0.05, 0.1) is 26.2 Å². The highest BCUT2D eigenvalue weighted by atomic mass is 16.5. The zero-order chi connectivity index (χ0) is 25.2. The van der Waals surface area contributed by atoms with Crippen LogP contribution in [0, 0.1) is 0 Å². The number of likely N-dealkylation sites (N-methyl/N-ethyl adjacent to an activating group) is 1. The molecular weight excluding hydrogens is 454 g/mol. The molecule has 0 spiro atoms. The number of H-pyrrole nitrogens is 1. The number of benzene rings is 3. The lowest BCUT2D eigenvalue weighted by Gasteiger charge is -2.40. The predicted molar refractivity (Wildman–Crippen MR) is 139 cm³/mol. The molecule has 0 saturated carbocycles. The van der Waals surface area contributed by atoms with Crippen LogP contribution in [0.5, 0.6) is 11.5 Å². The van der Waals surface area contributed by atoms with Gasteiger partial charge in [0.1, 0.15) is 0 Å². The molecule has 0 saturated heterocycles. The molecule has 2 heterocycles. The second kappa shape index (κ2) is 9.77. The molecule has 5 rings (SSSR count). The molecule has 1 aliphatic heterocycles. The molecule has 1 aliphatic rings. The van der Waals surface area contributed by atoms with Crippen LogP contribution in [0.1, 0.15) is 39.0 Å². The van der Waals surface area contributed by atoms with E-state index >= 15 is 0 Å². The maximum absolute atomic E-state index is 13.8. The topological polar surface area (TPSA) is 83.7 Å². The van der Waals surface area contributed by atoms with Gasteiger partial charge >= 0.3 is 0 Å². The Hall–Kier alpha value is -4.26. The first kappa shape index (κ1) is 23.5. The summed E-state index contributed by atoms with van der Waals surface area (Å²) in [6.07, 6.45) is 2.69. The summed E-state index contributed by atoms with van der Waals surface area (Å²) in [5.41, 5.74) is 4.31. The molecule has 7 heteroatoms. The molecular formula is C29H29N3O4. The molecule has 184 valence electrons. The standard InChI is InChI=1S/C29H29N3O4/c1-32-27(18-12-13-24(35-2)25(16-18)36-3)26(21-9-4-5-10-22(21)29(32)34)28(33)30-15-14-19-17-31-23-11-7-6-8-20(19)23/h4-13,16-17,26-27,31H,14-15H2,1-3H3,(H,30,33)/t26-,27-/m0/s1. The minimum absolute atomic E-state index is 0.117. The number of hydrogen-bond acceptors (Lipinski definition) is 4. The highest BCUT2D eigenvalue weighted by molar-refractivity contribution is 6.01. The van der Waals surface area contributed by atoms with Gasteiger partial charge in [0.2, 0.25) is 5.91 Å². The Balaban J connectivity index is 1.46. The minimum atomic E-state index is -0.579. The van der Waals surface area contributed by atoms with E-state index in [-0.39, 0.29) is 11.8 Å². The number of nitrogens with one attached hydrogen (secondary N) is 2. The van der Waals surface area contributed by atoms with Gasteiger partial charge in [-0.1, -0.05) is 42.5 Å². The SMILES string of the molecule is COc1ccc([C@H]2[C@@H](C(=O)NCCc3c[nH]c4ccccc34)c3ccccc3C(=O)N2C)cc1OC. The Morgan fingerprint density at radius 3 is 2.56 bits per heavy atom. The molecule has 36 heavy (non-hydrogen) atoms. The van der Waals surface area contributed by atoms with E-state index < -0.39 is 12.0 Å². The van der Waals surface area contributed by atoms with Crippen molar-refractivity contribution in [1.29, 1.82) is 0 Å². The van der Waals surface area contributed by atoms with Crippen LogP contribution in [0.15, 0.2) is 72.9 Å². The Bertz CT molecular complexity index is 1430. The van der Waals surface area contributed by atoms with Crippen molar-refractivity contribution in [3.63, 3.8) is 0 Å². The number of methoxy groups -OCH3 is 2. The van der Waals surface area contributed by atoms with E-state index in [1.54, 1.807) is 38.3 Å². The highest BCUT2D eigenvalue weighted by Crippen LogP contribution is 2.44. The lowest BCUT2D eigenvalue weighted by molar-refractivity contribution is -0.124. The van der Waals surface area contributed by atoms with E-state index in [9.17, 15) is 9.59 Å². The molecule has 0 aliphatic carbocycles. The summed E-state index contributed by atoms with van der Waals surface area (Å²) in [5, 5.41) is 4.29. The summed E-state index contributed by atoms with van der Waals surface area (Å²) in [6, 6.07) is 20.5. The summed E-state index contributed by atoms with van der Waals surface area (Å²) in [6.45, 7) is 0.482. The van der Waals surface area contributed by atoms with Gasteiger partial charge in [-0.05, 0) is 47.4 Å². The second-order valence-corrected chi connectivity index (χ2v) is 8.94. The lowest BCUT2D eigenvalue weighted by atomic mass is 9.79. The summed E-state index contributed by atoms with van der Waals surface area (Å²) in [5.74, 6) is 0.319. The van der Waals surface area contributed by atoms with E-state index in [0.717, 1.165) is 27.6 Å². The van der Waals surface area contributed by atoms with Crippen LogP contribution in [-0.2, 0) is 11.2 Å². The third-order valence-corrected chi connectivity index (χ3v) is 6.98. The minimum Gasteiger partial charge on any atom is -0.493 e. The third kappa shape index (κ3) is 4.06. The van der Waals surface area contributed by atoms with Crippen LogP contribution < -0.4 is 14.8 Å². The molecule has 2 amide bonds. The second-order valence-electron chi connectivity index (χ2n) is 8.94. The molecule has 7 nitrogen and oxygen atoms in total. The first-order chi connectivity index (χ1) is 17.5. The van der Waals surface area contributed by atoms with Crippen LogP contribution in [-0.4, -0.2) is 49.5 Å². The summed E-state index contributed by atoms with van der Waals surface area (Å²) in [7, 11) is 4.89. The number of carbonyl (C=O) groups is 2. The molecule has 3 aromatic carbocycles. The van der Waals surface area contributed by atoms with Gasteiger partial charge in [0.15, 0.2) is 11.5 Å². The molecule has 2 N–H and O–H groups in total. The summed E-state index contributed by atoms with van der Waals surface area (Å²) < 4.78 is 10.9. The van der Waals surface area contributed by atoms with E-state index in [0.29, 0.717) is 30.0 Å². The Labute approximate surface area is 210 Å². The number of rotatable bonds is 7. The van der Waals surface area contributed by atoms with Gasteiger partial charge in [0.25, 0.3) is 5.91 Å². The van der Waals surface area contributed by atoms with Crippen molar-refractivity contribution in [3.8, 4) is 11.5 Å². The number of aromatic amines is 1. The molecule has 0 radical (unpaired) electrons. The van der Waals surface area contributed by atoms with E-state index in [1.807, 2.05) is 54.7 Å². The number of aromatic nitrogens is 1. The zero-order valence-electron chi connectivity index (χ0n) is 20.6. The Morgan fingerprint density at radius 1 is 1.00 bits per heavy atom. The largest absolute Gasteiger partial charge is 0.493 e. The zero-order valence-corrected chi connectivity index (χ0v) is 20.6. The fourth-order valence-electron chi connectivity index (χ4n) is 5.18. The lowest BCUT2D eigenvalue weighted by Crippen LogP contribution is -2.46. The average molecular weight is 484 g/mol. The van der Waals surface area contributed by atoms with Gasteiger partial charge in [0, 0.05) is 36.3 Å². The van der Waals surface area contributed by atoms with Crippen LogP contribution >= 0.6 is 0 Å². The summed E-state index contributed by atoms with van der Waals surface area (Å²) in [4.78, 5) is 32.0. The molecule has 0 fully saturated rings. The molecule has 4 aromatic rings. The number of para-hydroxylation sites is 1. The van der Waals surface area contributed by atoms with Gasteiger partial charge < -0.3 is 24.7 Å². The number of carbonyl (C=O) groups excluding carboxylic acids is 2. The van der Waals surface area contributed by atoms with Crippen molar-refractivity contribution in [2.45, 2.75) is 18.4 Å². The van der Waals surface area contributed by atoms with Crippen molar-refractivity contribution < 1.29 is 19.1 Å². The van der Waals surface area contributed by atoms with Crippen LogP contribution in [0.4, 0.5) is 0 Å². The quantitative estimate of drug-likeness (QED) is 0.407. The van der Waals surface area contributed by atoms with Crippen LogP contribution in [0.3, 0.4) is 0 Å². The van der Waals surface area contributed by atoms with E-state index in [4.69, 9.17) is 9.47 Å².